The molecule has 1 fully saturated rings. The van der Waals surface area contributed by atoms with Gasteiger partial charge < -0.3 is 25.4 Å². The standard InChI is InChI=1S/C20H29Cl2N5O3.2ClH/c21-17-2-1-16(13-18(17)22)27-7-4-19(25-27)24-20(28)15-3-6-26(14-15)8-10-30-12-11-29-9-5-23;;/h1-2,13,15H,3-12,14,23H2,(H,24,25,28);2*1H/t15-;;/m1../s1. The average molecular weight is 531 g/mol. The van der Waals surface area contributed by atoms with Crippen LogP contribution in [0.25, 0.3) is 0 Å². The third kappa shape index (κ3) is 8.83. The second-order valence-corrected chi connectivity index (χ2v) is 8.12. The van der Waals surface area contributed by atoms with E-state index in [1.807, 2.05) is 11.1 Å². The van der Waals surface area contributed by atoms with Crippen LogP contribution in [-0.2, 0) is 14.3 Å². The molecule has 3 rings (SSSR count). The highest BCUT2D eigenvalue weighted by molar-refractivity contribution is 6.42. The molecule has 2 aliphatic heterocycles. The Morgan fingerprint density at radius 3 is 2.59 bits per heavy atom. The van der Waals surface area contributed by atoms with Gasteiger partial charge in [0, 0.05) is 32.6 Å². The Bertz CT molecular complexity index is 756. The van der Waals surface area contributed by atoms with Gasteiger partial charge in [-0.05, 0) is 31.2 Å². The molecular formula is C20H31Cl4N5O3. The second-order valence-electron chi connectivity index (χ2n) is 7.31. The lowest BCUT2D eigenvalue weighted by molar-refractivity contribution is -0.123. The molecule has 2 aliphatic rings. The third-order valence-electron chi connectivity index (χ3n) is 5.10. The Morgan fingerprint density at radius 2 is 1.88 bits per heavy atom. The van der Waals surface area contributed by atoms with Gasteiger partial charge in [-0.2, -0.15) is 5.10 Å². The van der Waals surface area contributed by atoms with Crippen LogP contribution in [-0.4, -0.2) is 75.8 Å². The number of hydrogen-bond acceptors (Lipinski definition) is 7. The van der Waals surface area contributed by atoms with Crippen molar-refractivity contribution < 1.29 is 14.3 Å². The molecule has 0 radical (unpaired) electrons. The molecule has 0 unspecified atom stereocenters. The van der Waals surface area contributed by atoms with Crippen molar-refractivity contribution >= 4 is 65.4 Å². The van der Waals surface area contributed by atoms with Gasteiger partial charge in [0.2, 0.25) is 5.91 Å². The summed E-state index contributed by atoms with van der Waals surface area (Å²) in [5.41, 5.74) is 6.22. The number of anilines is 1. The fourth-order valence-corrected chi connectivity index (χ4v) is 3.76. The first-order valence-corrected chi connectivity index (χ1v) is 11.0. The summed E-state index contributed by atoms with van der Waals surface area (Å²) in [6.45, 7) is 5.97. The van der Waals surface area contributed by atoms with Crippen LogP contribution in [0.3, 0.4) is 0 Å². The molecule has 0 saturated carbocycles. The molecule has 3 N–H and O–H groups in total. The van der Waals surface area contributed by atoms with Crippen LogP contribution in [0.1, 0.15) is 12.8 Å². The Labute approximate surface area is 211 Å². The van der Waals surface area contributed by atoms with Crippen molar-refractivity contribution in [1.29, 1.82) is 0 Å². The molecular weight excluding hydrogens is 500 g/mol. The first-order valence-electron chi connectivity index (χ1n) is 10.3. The SMILES string of the molecule is Cl.Cl.NCCOCCOCCN1CC[C@@H](C(=O)NC2=NN(c3ccc(Cl)c(Cl)c3)CC2)C1. The molecule has 1 aromatic rings. The Kier molecular flexibility index (Phi) is 13.8. The zero-order valence-corrected chi connectivity index (χ0v) is 20.9. The maximum absolute atomic E-state index is 12.6. The van der Waals surface area contributed by atoms with E-state index in [9.17, 15) is 4.79 Å². The molecule has 182 valence electrons. The first kappa shape index (κ1) is 29.2. The topological polar surface area (TPSA) is 92.4 Å². The number of nitrogens with one attached hydrogen (secondary N) is 1. The number of carbonyl (C=O) groups is 1. The summed E-state index contributed by atoms with van der Waals surface area (Å²) in [7, 11) is 0. The molecule has 1 aromatic carbocycles. The maximum atomic E-state index is 12.6. The van der Waals surface area contributed by atoms with Gasteiger partial charge in [0.1, 0.15) is 5.84 Å². The van der Waals surface area contributed by atoms with E-state index in [1.54, 1.807) is 12.1 Å². The number of nitrogens with two attached hydrogens (primary N) is 1. The van der Waals surface area contributed by atoms with E-state index < -0.39 is 0 Å². The summed E-state index contributed by atoms with van der Waals surface area (Å²) in [4.78, 5) is 14.9. The normalized spacial score (nSPS) is 18.2. The summed E-state index contributed by atoms with van der Waals surface area (Å²) in [5.74, 6) is 0.688. The molecule has 2 heterocycles. The largest absolute Gasteiger partial charge is 0.378 e. The van der Waals surface area contributed by atoms with E-state index >= 15 is 0 Å². The van der Waals surface area contributed by atoms with Crippen LogP contribution in [0.2, 0.25) is 10.0 Å². The van der Waals surface area contributed by atoms with Gasteiger partial charge in [0.25, 0.3) is 0 Å². The van der Waals surface area contributed by atoms with Crippen LogP contribution in [0.5, 0.6) is 0 Å². The molecule has 0 spiro atoms. The van der Waals surface area contributed by atoms with Crippen molar-refractivity contribution in [1.82, 2.24) is 10.2 Å². The quantitative estimate of drug-likeness (QED) is 0.452. The van der Waals surface area contributed by atoms with E-state index in [4.69, 9.17) is 38.4 Å². The minimum Gasteiger partial charge on any atom is -0.378 e. The number of halogens is 4. The number of likely N-dealkylation sites (tertiary alicyclic amines) is 1. The van der Waals surface area contributed by atoms with E-state index in [1.165, 1.54) is 0 Å². The molecule has 0 bridgehead atoms. The smallest absolute Gasteiger partial charge is 0.229 e. The van der Waals surface area contributed by atoms with Crippen molar-refractivity contribution in [3.8, 4) is 0 Å². The number of hydrogen-bond donors (Lipinski definition) is 2. The van der Waals surface area contributed by atoms with Crippen molar-refractivity contribution in [3.63, 3.8) is 0 Å². The molecule has 1 saturated heterocycles. The fourth-order valence-electron chi connectivity index (χ4n) is 3.47. The predicted octanol–water partition coefficient (Wildman–Crippen LogP) is 2.79. The zero-order chi connectivity index (χ0) is 21.3. The number of rotatable bonds is 10. The fraction of sp³-hybridized carbons (Fsp3) is 0.600. The number of amidine groups is 1. The lowest BCUT2D eigenvalue weighted by Crippen LogP contribution is -2.36. The zero-order valence-electron chi connectivity index (χ0n) is 17.8. The van der Waals surface area contributed by atoms with Gasteiger partial charge in [0.15, 0.2) is 0 Å². The van der Waals surface area contributed by atoms with Gasteiger partial charge in [0.05, 0.1) is 48.1 Å². The molecule has 8 nitrogen and oxygen atoms in total. The van der Waals surface area contributed by atoms with Gasteiger partial charge in [-0.25, -0.2) is 0 Å². The van der Waals surface area contributed by atoms with E-state index in [0.717, 1.165) is 31.7 Å². The molecule has 0 aliphatic carbocycles. The minimum atomic E-state index is -0.0281. The van der Waals surface area contributed by atoms with E-state index in [2.05, 4.69) is 15.3 Å². The van der Waals surface area contributed by atoms with Crippen LogP contribution in [0.15, 0.2) is 23.3 Å². The number of ether oxygens (including phenoxy) is 2. The van der Waals surface area contributed by atoms with Crippen molar-refractivity contribution in [2.75, 3.05) is 64.2 Å². The molecule has 0 aromatic heterocycles. The van der Waals surface area contributed by atoms with Crippen LogP contribution in [0.4, 0.5) is 5.69 Å². The highest BCUT2D eigenvalue weighted by atomic mass is 35.5. The second kappa shape index (κ2) is 15.1. The number of benzene rings is 1. The van der Waals surface area contributed by atoms with Crippen LogP contribution in [0, 0.1) is 5.92 Å². The lowest BCUT2D eigenvalue weighted by atomic mass is 10.1. The highest BCUT2D eigenvalue weighted by Crippen LogP contribution is 2.28. The van der Waals surface area contributed by atoms with Crippen molar-refractivity contribution in [2.24, 2.45) is 16.8 Å². The monoisotopic (exact) mass is 529 g/mol. The average Bonchev–Trinajstić information content (AvgIpc) is 3.39. The highest BCUT2D eigenvalue weighted by Gasteiger charge is 2.29. The number of hydrazone groups is 1. The summed E-state index contributed by atoms with van der Waals surface area (Å²) in [6, 6.07) is 5.39. The molecule has 32 heavy (non-hydrogen) atoms. The summed E-state index contributed by atoms with van der Waals surface area (Å²) in [6.07, 6.45) is 1.53. The predicted molar refractivity (Wildman–Crippen MR) is 134 cm³/mol. The number of nitrogens with zero attached hydrogens (tertiary/aromatic N) is 3. The molecule has 1 amide bonds. The first-order chi connectivity index (χ1) is 14.6. The number of amides is 1. The molecule has 1 atom stereocenters. The summed E-state index contributed by atoms with van der Waals surface area (Å²) >= 11 is 12.1. The number of carbonyl (C=O) groups excluding carboxylic acids is 1. The Balaban J connectivity index is 0.00000256. The van der Waals surface area contributed by atoms with Gasteiger partial charge in [-0.1, -0.05) is 23.2 Å². The summed E-state index contributed by atoms with van der Waals surface area (Å²) < 4.78 is 10.8. The lowest BCUT2D eigenvalue weighted by Gasteiger charge is -2.16. The van der Waals surface area contributed by atoms with Crippen LogP contribution >= 0.6 is 48.0 Å². The minimum absolute atomic E-state index is 0. The van der Waals surface area contributed by atoms with Crippen molar-refractivity contribution in [2.45, 2.75) is 12.8 Å². The van der Waals surface area contributed by atoms with E-state index in [0.29, 0.717) is 61.8 Å². The van der Waals surface area contributed by atoms with E-state index in [-0.39, 0.29) is 36.6 Å². The van der Waals surface area contributed by atoms with Gasteiger partial charge in [-0.15, -0.1) is 24.8 Å². The van der Waals surface area contributed by atoms with Crippen LogP contribution < -0.4 is 16.1 Å². The Morgan fingerprint density at radius 1 is 1.12 bits per heavy atom. The Hall–Kier alpha value is -0.840. The van der Waals surface area contributed by atoms with Gasteiger partial charge >= 0.3 is 0 Å². The summed E-state index contributed by atoms with van der Waals surface area (Å²) in [5, 5.41) is 10.3. The van der Waals surface area contributed by atoms with Gasteiger partial charge in [-0.3, -0.25) is 9.80 Å². The molecule has 12 heteroatoms. The maximum Gasteiger partial charge on any atom is 0.229 e. The third-order valence-corrected chi connectivity index (χ3v) is 5.84. The van der Waals surface area contributed by atoms with Crippen molar-refractivity contribution in [3.05, 3.63) is 28.2 Å².